The molecule has 0 saturated carbocycles. The SMILES string of the molecule is CC1(CNC(=O)N2C3CCC2C(C(=O)O)C3)CCOCC1. The molecule has 3 atom stereocenters. The summed E-state index contributed by atoms with van der Waals surface area (Å²) < 4.78 is 5.37. The van der Waals surface area contributed by atoms with Crippen LogP contribution in [0.4, 0.5) is 4.79 Å². The minimum atomic E-state index is -0.767. The monoisotopic (exact) mass is 296 g/mol. The van der Waals surface area contributed by atoms with Crippen LogP contribution in [0.25, 0.3) is 0 Å². The van der Waals surface area contributed by atoms with Crippen molar-refractivity contribution < 1.29 is 19.4 Å². The summed E-state index contributed by atoms with van der Waals surface area (Å²) in [6, 6.07) is -0.0902. The van der Waals surface area contributed by atoms with E-state index in [2.05, 4.69) is 12.2 Å². The Morgan fingerprint density at radius 1 is 1.33 bits per heavy atom. The van der Waals surface area contributed by atoms with Gasteiger partial charge in [0.05, 0.1) is 5.92 Å². The Morgan fingerprint density at radius 2 is 2.05 bits per heavy atom. The smallest absolute Gasteiger partial charge is 0.317 e. The molecule has 3 aliphatic heterocycles. The van der Waals surface area contributed by atoms with E-state index >= 15 is 0 Å². The van der Waals surface area contributed by atoms with E-state index in [-0.39, 0.29) is 29.4 Å². The van der Waals surface area contributed by atoms with Gasteiger partial charge in [-0.25, -0.2) is 4.79 Å². The van der Waals surface area contributed by atoms with Gasteiger partial charge in [-0.1, -0.05) is 6.92 Å². The topological polar surface area (TPSA) is 78.9 Å². The van der Waals surface area contributed by atoms with Crippen molar-refractivity contribution in [3.8, 4) is 0 Å². The summed E-state index contributed by atoms with van der Waals surface area (Å²) in [5, 5.41) is 12.3. The van der Waals surface area contributed by atoms with Crippen LogP contribution in [0.1, 0.15) is 39.0 Å². The Balaban J connectivity index is 1.58. The summed E-state index contributed by atoms with van der Waals surface area (Å²) in [5.74, 6) is -1.15. The number of amides is 2. The summed E-state index contributed by atoms with van der Waals surface area (Å²) in [6.07, 6.45) is 4.28. The van der Waals surface area contributed by atoms with Crippen molar-refractivity contribution in [3.63, 3.8) is 0 Å². The standard InChI is InChI=1S/C15H24N2O4/c1-15(4-6-21-7-5-15)9-16-14(20)17-10-2-3-12(17)11(8-10)13(18)19/h10-12H,2-9H2,1H3,(H,16,20)(H,18,19). The van der Waals surface area contributed by atoms with Crippen molar-refractivity contribution in [3.05, 3.63) is 0 Å². The van der Waals surface area contributed by atoms with E-state index in [4.69, 9.17) is 4.74 Å². The van der Waals surface area contributed by atoms with E-state index in [1.807, 2.05) is 0 Å². The third-order valence-electron chi connectivity index (χ3n) is 5.45. The molecule has 3 aliphatic rings. The number of nitrogens with one attached hydrogen (secondary N) is 1. The van der Waals surface area contributed by atoms with Gasteiger partial charge in [-0.3, -0.25) is 4.79 Å². The zero-order valence-corrected chi connectivity index (χ0v) is 12.5. The lowest BCUT2D eigenvalue weighted by atomic mass is 9.82. The first-order chi connectivity index (χ1) is 10.0. The second kappa shape index (κ2) is 5.48. The van der Waals surface area contributed by atoms with E-state index in [1.165, 1.54) is 0 Å². The largest absolute Gasteiger partial charge is 0.481 e. The molecule has 3 fully saturated rings. The number of urea groups is 1. The Labute approximate surface area is 124 Å². The second-order valence-corrected chi connectivity index (χ2v) is 6.97. The van der Waals surface area contributed by atoms with Crippen LogP contribution in [0.2, 0.25) is 0 Å². The fourth-order valence-electron chi connectivity index (χ4n) is 3.99. The first-order valence-electron chi connectivity index (χ1n) is 7.87. The molecule has 3 heterocycles. The first kappa shape index (κ1) is 14.6. The van der Waals surface area contributed by atoms with Crippen LogP contribution < -0.4 is 5.32 Å². The normalized spacial score (nSPS) is 34.0. The quantitative estimate of drug-likeness (QED) is 0.826. The molecule has 0 aliphatic carbocycles. The molecule has 0 radical (unpaired) electrons. The Hall–Kier alpha value is -1.30. The summed E-state index contributed by atoms with van der Waals surface area (Å²) in [6.45, 7) is 4.32. The molecule has 3 saturated heterocycles. The lowest BCUT2D eigenvalue weighted by Crippen LogP contribution is -2.48. The first-order valence-corrected chi connectivity index (χ1v) is 7.87. The van der Waals surface area contributed by atoms with Gasteiger partial charge in [0.15, 0.2) is 0 Å². The van der Waals surface area contributed by atoms with Crippen LogP contribution in [-0.4, -0.2) is 53.8 Å². The highest BCUT2D eigenvalue weighted by Gasteiger charge is 2.51. The number of fused-ring (bicyclic) bond motifs is 2. The predicted octanol–water partition coefficient (Wildman–Crippen LogP) is 1.45. The van der Waals surface area contributed by atoms with Crippen molar-refractivity contribution in [1.29, 1.82) is 0 Å². The highest BCUT2D eigenvalue weighted by atomic mass is 16.5. The molecule has 0 aromatic carbocycles. The van der Waals surface area contributed by atoms with Crippen molar-refractivity contribution in [2.45, 2.75) is 51.1 Å². The van der Waals surface area contributed by atoms with Gasteiger partial charge >= 0.3 is 12.0 Å². The maximum atomic E-state index is 12.4. The number of nitrogens with zero attached hydrogens (tertiary/aromatic N) is 1. The van der Waals surface area contributed by atoms with Gasteiger partial charge in [0.2, 0.25) is 0 Å². The van der Waals surface area contributed by atoms with Crippen LogP contribution in [0.3, 0.4) is 0 Å². The lowest BCUT2D eigenvalue weighted by molar-refractivity contribution is -0.142. The average molecular weight is 296 g/mol. The molecule has 6 nitrogen and oxygen atoms in total. The number of carboxylic acid groups (broad SMARTS) is 1. The van der Waals surface area contributed by atoms with Gasteiger partial charge in [0.25, 0.3) is 0 Å². The van der Waals surface area contributed by atoms with Gasteiger partial charge in [-0.15, -0.1) is 0 Å². The van der Waals surface area contributed by atoms with Crippen molar-refractivity contribution in [2.75, 3.05) is 19.8 Å². The predicted molar refractivity (Wildman–Crippen MR) is 76.0 cm³/mol. The van der Waals surface area contributed by atoms with Crippen LogP contribution in [-0.2, 0) is 9.53 Å². The number of ether oxygens (including phenoxy) is 1. The van der Waals surface area contributed by atoms with Gasteiger partial charge < -0.3 is 20.1 Å². The molecule has 0 spiro atoms. The minimum absolute atomic E-state index is 0.0843. The number of carboxylic acids is 1. The van der Waals surface area contributed by atoms with Gasteiger partial charge in [-0.05, 0) is 37.5 Å². The molecule has 3 rings (SSSR count). The van der Waals surface area contributed by atoms with Gasteiger partial charge in [0.1, 0.15) is 0 Å². The summed E-state index contributed by atoms with van der Waals surface area (Å²) >= 11 is 0. The Morgan fingerprint density at radius 3 is 2.67 bits per heavy atom. The summed E-state index contributed by atoms with van der Waals surface area (Å²) in [5.41, 5.74) is 0.0961. The van der Waals surface area contributed by atoms with E-state index in [1.54, 1.807) is 4.90 Å². The van der Waals surface area contributed by atoms with E-state index in [9.17, 15) is 14.7 Å². The highest BCUT2D eigenvalue weighted by molar-refractivity contribution is 5.79. The molecular weight excluding hydrogens is 272 g/mol. The van der Waals surface area contributed by atoms with Crippen LogP contribution >= 0.6 is 0 Å². The Bertz CT molecular complexity index is 433. The summed E-state index contributed by atoms with van der Waals surface area (Å²) in [7, 11) is 0. The fraction of sp³-hybridized carbons (Fsp3) is 0.867. The van der Waals surface area contributed by atoms with Gasteiger partial charge in [-0.2, -0.15) is 0 Å². The van der Waals surface area contributed by atoms with E-state index < -0.39 is 5.97 Å². The van der Waals surface area contributed by atoms with E-state index in [0.717, 1.165) is 38.9 Å². The molecule has 0 aromatic rings. The Kier molecular flexibility index (Phi) is 3.82. The van der Waals surface area contributed by atoms with Crippen LogP contribution in [0, 0.1) is 11.3 Å². The molecule has 0 aromatic heterocycles. The minimum Gasteiger partial charge on any atom is -0.481 e. The summed E-state index contributed by atoms with van der Waals surface area (Å²) in [4.78, 5) is 25.5. The zero-order valence-electron chi connectivity index (χ0n) is 12.5. The molecule has 3 unspecified atom stereocenters. The molecule has 2 N–H and O–H groups in total. The number of rotatable bonds is 3. The fourth-order valence-corrected chi connectivity index (χ4v) is 3.99. The zero-order chi connectivity index (χ0) is 15.0. The van der Waals surface area contributed by atoms with Crippen molar-refractivity contribution in [1.82, 2.24) is 10.2 Å². The third-order valence-corrected chi connectivity index (χ3v) is 5.45. The van der Waals surface area contributed by atoms with Crippen LogP contribution in [0.5, 0.6) is 0 Å². The molecule has 21 heavy (non-hydrogen) atoms. The number of carbonyl (C=O) groups excluding carboxylic acids is 1. The maximum Gasteiger partial charge on any atom is 0.317 e. The average Bonchev–Trinajstić information content (AvgIpc) is 3.03. The second-order valence-electron chi connectivity index (χ2n) is 6.97. The lowest BCUT2D eigenvalue weighted by Gasteiger charge is -2.34. The van der Waals surface area contributed by atoms with Crippen molar-refractivity contribution >= 4 is 12.0 Å². The molecule has 6 heteroatoms. The van der Waals surface area contributed by atoms with Crippen LogP contribution in [0.15, 0.2) is 0 Å². The number of aliphatic carboxylic acids is 1. The van der Waals surface area contributed by atoms with E-state index in [0.29, 0.717) is 13.0 Å². The molecule has 2 bridgehead atoms. The van der Waals surface area contributed by atoms with Gasteiger partial charge in [0, 0.05) is 31.8 Å². The molecule has 118 valence electrons. The number of hydrogen-bond acceptors (Lipinski definition) is 3. The molecular formula is C15H24N2O4. The maximum absolute atomic E-state index is 12.4. The number of carbonyl (C=O) groups is 2. The van der Waals surface area contributed by atoms with Crippen molar-refractivity contribution in [2.24, 2.45) is 11.3 Å². The number of hydrogen-bond donors (Lipinski definition) is 2. The third kappa shape index (κ3) is 2.73. The highest BCUT2D eigenvalue weighted by Crippen LogP contribution is 2.41. The molecule has 2 amide bonds.